The maximum absolute atomic E-state index is 13.1. The Balaban J connectivity index is 1.43. The minimum Gasteiger partial charge on any atom is -0.378 e. The average Bonchev–Trinajstić information content (AvgIpc) is 2.94. The lowest BCUT2D eigenvalue weighted by atomic mass is 10.1. The number of nitrogens with one attached hydrogen (secondary N) is 2. The van der Waals surface area contributed by atoms with Gasteiger partial charge in [-0.25, -0.2) is 9.97 Å². The predicted molar refractivity (Wildman–Crippen MR) is 150 cm³/mol. The Kier molecular flexibility index (Phi) is 8.88. The molecule has 1 aliphatic rings. The van der Waals surface area contributed by atoms with Crippen LogP contribution in [0.25, 0.3) is 0 Å². The molecule has 0 bridgehead atoms. The molecule has 3 heterocycles. The molecule has 1 fully saturated rings. The van der Waals surface area contributed by atoms with Gasteiger partial charge in [0.05, 0.1) is 13.2 Å². The van der Waals surface area contributed by atoms with Crippen LogP contribution >= 0.6 is 0 Å². The third-order valence-corrected chi connectivity index (χ3v) is 6.37. The van der Waals surface area contributed by atoms with Gasteiger partial charge < -0.3 is 30.1 Å². The van der Waals surface area contributed by atoms with E-state index in [0.717, 1.165) is 43.4 Å². The van der Waals surface area contributed by atoms with Gasteiger partial charge in [-0.15, -0.1) is 0 Å². The van der Waals surface area contributed by atoms with E-state index in [2.05, 4.69) is 30.4 Å². The van der Waals surface area contributed by atoms with Gasteiger partial charge in [-0.2, -0.15) is 0 Å². The van der Waals surface area contributed by atoms with Crippen molar-refractivity contribution in [2.45, 2.75) is 6.92 Å². The quantitative estimate of drug-likeness (QED) is 0.446. The first kappa shape index (κ1) is 27.0. The van der Waals surface area contributed by atoms with Crippen LogP contribution in [0.3, 0.4) is 0 Å². The monoisotopic (exact) mass is 517 g/mol. The van der Waals surface area contributed by atoms with Crippen molar-refractivity contribution in [3.63, 3.8) is 0 Å². The number of carbonyl (C=O) groups excluding carboxylic acids is 2. The van der Waals surface area contributed by atoms with Gasteiger partial charge in [0.1, 0.15) is 11.6 Å². The molecule has 10 nitrogen and oxygen atoms in total. The zero-order chi connectivity index (χ0) is 27.1. The van der Waals surface area contributed by atoms with Crippen LogP contribution in [0.4, 0.5) is 23.0 Å². The van der Waals surface area contributed by atoms with Crippen molar-refractivity contribution in [3.8, 4) is 0 Å². The lowest BCUT2D eigenvalue weighted by molar-refractivity contribution is 0.101. The molecular weight excluding hydrogens is 482 g/mol. The summed E-state index contributed by atoms with van der Waals surface area (Å²) in [6, 6.07) is 12.4. The second-order valence-corrected chi connectivity index (χ2v) is 9.57. The van der Waals surface area contributed by atoms with Crippen LogP contribution < -0.4 is 20.4 Å². The third kappa shape index (κ3) is 7.05. The maximum atomic E-state index is 13.1. The number of carbonyl (C=O) groups is 2. The summed E-state index contributed by atoms with van der Waals surface area (Å²) in [5, 5.41) is 5.91. The van der Waals surface area contributed by atoms with Crippen LogP contribution in [-0.4, -0.2) is 87.2 Å². The Morgan fingerprint density at radius 3 is 2.32 bits per heavy atom. The number of nitrogens with zero attached hydrogens (tertiary/aromatic N) is 5. The number of morpholine rings is 1. The van der Waals surface area contributed by atoms with Crippen LogP contribution in [0.5, 0.6) is 0 Å². The summed E-state index contributed by atoms with van der Waals surface area (Å²) in [5.74, 6) is 0.987. The molecule has 0 spiro atoms. The smallest absolute Gasteiger partial charge is 0.255 e. The predicted octanol–water partition coefficient (Wildman–Crippen LogP) is 3.12. The molecule has 1 aromatic carbocycles. The molecule has 200 valence electrons. The third-order valence-electron chi connectivity index (χ3n) is 6.37. The first-order chi connectivity index (χ1) is 18.3. The molecule has 4 rings (SSSR count). The van der Waals surface area contributed by atoms with Gasteiger partial charge in [0, 0.05) is 68.1 Å². The molecule has 2 N–H and O–H groups in total. The molecule has 0 radical (unpaired) electrons. The summed E-state index contributed by atoms with van der Waals surface area (Å²) in [6.45, 7) is 6.34. The molecule has 2 amide bonds. The molecule has 10 heteroatoms. The summed E-state index contributed by atoms with van der Waals surface area (Å²) in [5.41, 5.74) is 3.10. The molecule has 0 unspecified atom stereocenters. The summed E-state index contributed by atoms with van der Waals surface area (Å²) >= 11 is 0. The highest BCUT2D eigenvalue weighted by Crippen LogP contribution is 2.23. The van der Waals surface area contributed by atoms with E-state index in [0.29, 0.717) is 35.7 Å². The fourth-order valence-corrected chi connectivity index (χ4v) is 3.99. The Hall–Kier alpha value is -4.02. The highest BCUT2D eigenvalue weighted by molar-refractivity contribution is 6.07. The van der Waals surface area contributed by atoms with Crippen LogP contribution in [-0.2, 0) is 4.74 Å². The number of hydrogen-bond donors (Lipinski definition) is 2. The van der Waals surface area contributed by atoms with Crippen molar-refractivity contribution >= 4 is 34.8 Å². The molecule has 0 atom stereocenters. The standard InChI is InChI=1S/C28H35N7O3/c1-20-5-6-23(31-27(36)22-8-10-30-26(18-22)35-13-15-38-16-14-35)19-24(20)32-28(37)21-7-9-29-25(17-21)34(4)12-11-33(2)3/h5-10,17-19H,11-16H2,1-4H3,(H,31,36)(H,32,37). The van der Waals surface area contributed by atoms with E-state index in [1.807, 2.05) is 45.1 Å². The van der Waals surface area contributed by atoms with Gasteiger partial charge in [-0.1, -0.05) is 6.07 Å². The molecule has 2 aromatic heterocycles. The van der Waals surface area contributed by atoms with E-state index in [1.54, 1.807) is 42.7 Å². The lowest BCUT2D eigenvalue weighted by Crippen LogP contribution is -2.36. The maximum Gasteiger partial charge on any atom is 0.255 e. The highest BCUT2D eigenvalue weighted by Gasteiger charge is 2.16. The van der Waals surface area contributed by atoms with E-state index in [9.17, 15) is 9.59 Å². The van der Waals surface area contributed by atoms with Crippen molar-refractivity contribution in [1.29, 1.82) is 0 Å². The van der Waals surface area contributed by atoms with Crippen molar-refractivity contribution in [2.24, 2.45) is 0 Å². The number of ether oxygens (including phenoxy) is 1. The van der Waals surface area contributed by atoms with Crippen LogP contribution in [0.1, 0.15) is 26.3 Å². The van der Waals surface area contributed by atoms with Gasteiger partial charge in [0.2, 0.25) is 0 Å². The minimum absolute atomic E-state index is 0.245. The summed E-state index contributed by atoms with van der Waals surface area (Å²) < 4.78 is 5.40. The number of anilines is 4. The van der Waals surface area contributed by atoms with Crippen molar-refractivity contribution in [2.75, 3.05) is 81.0 Å². The first-order valence-corrected chi connectivity index (χ1v) is 12.6. The molecule has 38 heavy (non-hydrogen) atoms. The van der Waals surface area contributed by atoms with Crippen LogP contribution in [0.15, 0.2) is 54.9 Å². The van der Waals surface area contributed by atoms with Crippen molar-refractivity contribution in [1.82, 2.24) is 14.9 Å². The van der Waals surface area contributed by atoms with Gasteiger partial charge >= 0.3 is 0 Å². The van der Waals surface area contributed by atoms with Crippen LogP contribution in [0.2, 0.25) is 0 Å². The average molecular weight is 518 g/mol. The van der Waals surface area contributed by atoms with E-state index in [4.69, 9.17) is 4.74 Å². The van der Waals surface area contributed by atoms with Gasteiger partial charge in [-0.3, -0.25) is 9.59 Å². The number of likely N-dealkylation sites (N-methyl/N-ethyl adjacent to an activating group) is 2. The fraction of sp³-hybridized carbons (Fsp3) is 0.357. The number of amides is 2. The molecule has 1 saturated heterocycles. The van der Waals surface area contributed by atoms with Crippen molar-refractivity contribution < 1.29 is 14.3 Å². The zero-order valence-corrected chi connectivity index (χ0v) is 22.4. The molecule has 3 aromatic rings. The number of benzene rings is 1. The largest absolute Gasteiger partial charge is 0.378 e. The number of pyridine rings is 2. The fourth-order valence-electron chi connectivity index (χ4n) is 3.99. The number of aryl methyl sites for hydroxylation is 1. The van der Waals surface area contributed by atoms with Crippen molar-refractivity contribution in [3.05, 3.63) is 71.5 Å². The topological polar surface area (TPSA) is 103 Å². The van der Waals surface area contributed by atoms with Gasteiger partial charge in [0.15, 0.2) is 0 Å². The van der Waals surface area contributed by atoms with E-state index >= 15 is 0 Å². The highest BCUT2D eigenvalue weighted by atomic mass is 16.5. The van der Waals surface area contributed by atoms with E-state index in [-0.39, 0.29) is 11.8 Å². The SMILES string of the molecule is Cc1ccc(NC(=O)c2ccnc(N3CCOCC3)c2)cc1NC(=O)c1ccnc(N(C)CCN(C)C)c1. The van der Waals surface area contributed by atoms with Gasteiger partial charge in [-0.05, 0) is 63.0 Å². The number of aromatic nitrogens is 2. The summed E-state index contributed by atoms with van der Waals surface area (Å²) in [7, 11) is 5.99. The normalized spacial score (nSPS) is 13.3. The van der Waals surface area contributed by atoms with E-state index < -0.39 is 0 Å². The van der Waals surface area contributed by atoms with Gasteiger partial charge in [0.25, 0.3) is 11.8 Å². The second-order valence-electron chi connectivity index (χ2n) is 9.57. The molecule has 0 aliphatic carbocycles. The Morgan fingerprint density at radius 2 is 1.58 bits per heavy atom. The molecule has 1 aliphatic heterocycles. The lowest BCUT2D eigenvalue weighted by Gasteiger charge is -2.27. The number of rotatable bonds is 9. The molecular formula is C28H35N7O3. The number of hydrogen-bond acceptors (Lipinski definition) is 8. The second kappa shape index (κ2) is 12.5. The van der Waals surface area contributed by atoms with Crippen LogP contribution in [0, 0.1) is 6.92 Å². The minimum atomic E-state index is -0.248. The first-order valence-electron chi connectivity index (χ1n) is 12.6. The Bertz CT molecular complexity index is 1270. The van der Waals surface area contributed by atoms with E-state index in [1.165, 1.54) is 0 Å². The Morgan fingerprint density at radius 1 is 0.895 bits per heavy atom. The summed E-state index contributed by atoms with van der Waals surface area (Å²) in [4.78, 5) is 41.1. The summed E-state index contributed by atoms with van der Waals surface area (Å²) in [6.07, 6.45) is 3.28. The zero-order valence-electron chi connectivity index (χ0n) is 22.4. The molecule has 0 saturated carbocycles. The Labute approximate surface area is 223 Å².